The van der Waals surface area contributed by atoms with Gasteiger partial charge in [-0.3, -0.25) is 19.6 Å². The number of nitrogens with zero attached hydrogens (tertiary/aromatic N) is 4. The predicted molar refractivity (Wildman–Crippen MR) is 88.6 cm³/mol. The van der Waals surface area contributed by atoms with Gasteiger partial charge in [0.1, 0.15) is 0 Å². The summed E-state index contributed by atoms with van der Waals surface area (Å²) < 4.78 is 0. The van der Waals surface area contributed by atoms with E-state index in [9.17, 15) is 4.79 Å². The Morgan fingerprint density at radius 3 is 2.45 bits per heavy atom. The zero-order chi connectivity index (χ0) is 16.1. The Bertz CT molecular complexity index is 469. The van der Waals surface area contributed by atoms with Gasteiger partial charge in [-0.25, -0.2) is 0 Å². The molecule has 1 aromatic rings. The molecule has 1 aromatic heterocycles. The Morgan fingerprint density at radius 1 is 1.27 bits per heavy atom. The van der Waals surface area contributed by atoms with E-state index in [4.69, 9.17) is 0 Å². The molecular formula is C17H28N4O. The van der Waals surface area contributed by atoms with E-state index in [2.05, 4.69) is 29.8 Å². The summed E-state index contributed by atoms with van der Waals surface area (Å²) in [5, 5.41) is 0. The summed E-state index contributed by atoms with van der Waals surface area (Å²) in [4.78, 5) is 23.4. The summed E-state index contributed by atoms with van der Waals surface area (Å²) in [6, 6.07) is 6.34. The molecule has 0 N–H and O–H groups in total. The Kier molecular flexibility index (Phi) is 5.91. The van der Waals surface area contributed by atoms with Crippen LogP contribution in [0, 0.1) is 0 Å². The summed E-state index contributed by atoms with van der Waals surface area (Å²) in [5.74, 6) is 0.262. The van der Waals surface area contributed by atoms with Gasteiger partial charge >= 0.3 is 0 Å². The normalized spacial score (nSPS) is 19.2. The molecule has 122 valence electrons. The lowest BCUT2D eigenvalue weighted by Gasteiger charge is -2.39. The van der Waals surface area contributed by atoms with Crippen LogP contribution in [0.2, 0.25) is 0 Å². The molecule has 22 heavy (non-hydrogen) atoms. The first-order valence-electron chi connectivity index (χ1n) is 8.14. The van der Waals surface area contributed by atoms with Crippen LogP contribution in [0.5, 0.6) is 0 Å². The van der Waals surface area contributed by atoms with Crippen LogP contribution in [0.4, 0.5) is 0 Å². The monoisotopic (exact) mass is 304 g/mol. The van der Waals surface area contributed by atoms with E-state index in [0.717, 1.165) is 38.3 Å². The Labute approximate surface area is 133 Å². The average molecular weight is 304 g/mol. The van der Waals surface area contributed by atoms with Gasteiger partial charge in [0.15, 0.2) is 0 Å². The summed E-state index contributed by atoms with van der Waals surface area (Å²) in [7, 11) is 3.96. The Balaban J connectivity index is 1.91. The second-order valence-electron chi connectivity index (χ2n) is 6.18. The zero-order valence-electron chi connectivity index (χ0n) is 14.2. The second kappa shape index (κ2) is 7.70. The maximum absolute atomic E-state index is 12.6. The van der Waals surface area contributed by atoms with Crippen LogP contribution in [0.15, 0.2) is 24.4 Å². The van der Waals surface area contributed by atoms with Crippen molar-refractivity contribution in [2.24, 2.45) is 0 Å². The van der Waals surface area contributed by atoms with Crippen molar-refractivity contribution >= 4 is 5.91 Å². The molecule has 1 fully saturated rings. The van der Waals surface area contributed by atoms with Crippen LogP contribution in [-0.2, 0) is 4.79 Å². The Morgan fingerprint density at radius 2 is 1.95 bits per heavy atom. The van der Waals surface area contributed by atoms with Crippen LogP contribution < -0.4 is 0 Å². The number of aromatic nitrogens is 1. The maximum Gasteiger partial charge on any atom is 0.239 e. The first kappa shape index (κ1) is 16.9. The van der Waals surface area contributed by atoms with Crippen LogP contribution in [-0.4, -0.2) is 71.9 Å². The van der Waals surface area contributed by atoms with E-state index in [0.29, 0.717) is 6.04 Å². The molecule has 1 amide bonds. The number of hydrogen-bond acceptors (Lipinski definition) is 4. The van der Waals surface area contributed by atoms with Gasteiger partial charge in [0, 0.05) is 38.4 Å². The molecule has 0 aromatic carbocycles. The molecule has 0 radical (unpaired) electrons. The van der Waals surface area contributed by atoms with Crippen molar-refractivity contribution in [3.8, 4) is 0 Å². The fourth-order valence-corrected chi connectivity index (χ4v) is 3.11. The van der Waals surface area contributed by atoms with Crippen molar-refractivity contribution in [2.45, 2.75) is 32.4 Å². The van der Waals surface area contributed by atoms with Gasteiger partial charge in [0.05, 0.1) is 11.7 Å². The number of hydrogen-bond donors (Lipinski definition) is 0. The second-order valence-corrected chi connectivity index (χ2v) is 6.18. The summed E-state index contributed by atoms with van der Waals surface area (Å²) in [6.07, 6.45) is 2.70. The molecule has 1 saturated heterocycles. The van der Waals surface area contributed by atoms with Crippen LogP contribution in [0.3, 0.4) is 0 Å². The summed E-state index contributed by atoms with van der Waals surface area (Å²) in [5.41, 5.74) is 1.10. The number of rotatable bonds is 5. The highest BCUT2D eigenvalue weighted by atomic mass is 16.2. The molecule has 1 aliphatic rings. The number of piperazine rings is 1. The van der Waals surface area contributed by atoms with E-state index >= 15 is 0 Å². The first-order valence-corrected chi connectivity index (χ1v) is 8.14. The van der Waals surface area contributed by atoms with Gasteiger partial charge in [-0.15, -0.1) is 0 Å². The van der Waals surface area contributed by atoms with Crippen LogP contribution in [0.25, 0.3) is 0 Å². The lowest BCUT2D eigenvalue weighted by atomic mass is 10.1. The molecule has 0 saturated carbocycles. The van der Waals surface area contributed by atoms with Crippen LogP contribution >= 0.6 is 0 Å². The van der Waals surface area contributed by atoms with Crippen molar-refractivity contribution in [3.63, 3.8) is 0 Å². The fourth-order valence-electron chi connectivity index (χ4n) is 3.11. The molecular weight excluding hydrogens is 276 g/mol. The quantitative estimate of drug-likeness (QED) is 0.829. The van der Waals surface area contributed by atoms with Gasteiger partial charge in [-0.2, -0.15) is 0 Å². The predicted octanol–water partition coefficient (Wildman–Crippen LogP) is 1.63. The van der Waals surface area contributed by atoms with Gasteiger partial charge in [-0.1, -0.05) is 13.0 Å². The van der Waals surface area contributed by atoms with Crippen molar-refractivity contribution in [3.05, 3.63) is 30.1 Å². The fraction of sp³-hybridized carbons (Fsp3) is 0.647. The van der Waals surface area contributed by atoms with E-state index in [1.807, 2.05) is 42.2 Å². The number of carbonyl (C=O) groups excluding carboxylic acids is 1. The van der Waals surface area contributed by atoms with Crippen molar-refractivity contribution in [1.82, 2.24) is 19.7 Å². The lowest BCUT2D eigenvalue weighted by Crippen LogP contribution is -2.54. The van der Waals surface area contributed by atoms with Crippen molar-refractivity contribution in [2.75, 3.05) is 40.3 Å². The molecule has 5 nitrogen and oxygen atoms in total. The van der Waals surface area contributed by atoms with Crippen LogP contribution in [0.1, 0.15) is 32.0 Å². The van der Waals surface area contributed by atoms with Gasteiger partial charge in [0.2, 0.25) is 5.91 Å². The maximum atomic E-state index is 12.6. The number of pyridine rings is 1. The minimum Gasteiger partial charge on any atom is -0.339 e. The molecule has 2 heterocycles. The van der Waals surface area contributed by atoms with Crippen molar-refractivity contribution < 1.29 is 4.79 Å². The van der Waals surface area contributed by atoms with E-state index in [1.165, 1.54) is 0 Å². The lowest BCUT2D eigenvalue weighted by molar-refractivity contribution is -0.138. The molecule has 2 atom stereocenters. The number of carbonyl (C=O) groups is 1. The Hall–Kier alpha value is -1.46. The summed E-state index contributed by atoms with van der Waals surface area (Å²) >= 11 is 0. The smallest absolute Gasteiger partial charge is 0.239 e. The topological polar surface area (TPSA) is 39.7 Å². The number of likely N-dealkylation sites (N-methyl/N-ethyl adjacent to an activating group) is 1. The minimum atomic E-state index is -0.000219. The average Bonchev–Trinajstić information content (AvgIpc) is 2.55. The van der Waals surface area contributed by atoms with Gasteiger partial charge < -0.3 is 4.90 Å². The standard InChI is InChI=1S/C17H28N4O/c1-5-16(19(3)4)17(22)21-12-10-20(11-13-21)14(2)15-8-6-7-9-18-15/h6-9,14,16H,5,10-13H2,1-4H3/t14-,16-/m0/s1. The molecule has 0 spiro atoms. The van der Waals surface area contributed by atoms with E-state index in [1.54, 1.807) is 0 Å². The highest BCUT2D eigenvalue weighted by Gasteiger charge is 2.29. The third-order valence-corrected chi connectivity index (χ3v) is 4.58. The van der Waals surface area contributed by atoms with E-state index < -0.39 is 0 Å². The largest absolute Gasteiger partial charge is 0.339 e. The third-order valence-electron chi connectivity index (χ3n) is 4.58. The highest BCUT2D eigenvalue weighted by Crippen LogP contribution is 2.20. The van der Waals surface area contributed by atoms with Gasteiger partial charge in [0.25, 0.3) is 0 Å². The van der Waals surface area contributed by atoms with Crippen molar-refractivity contribution in [1.29, 1.82) is 0 Å². The molecule has 1 aliphatic heterocycles. The molecule has 2 rings (SSSR count). The van der Waals surface area contributed by atoms with Gasteiger partial charge in [-0.05, 0) is 39.6 Å². The SMILES string of the molecule is CC[C@@H](C(=O)N1CCN([C@@H](C)c2ccccn2)CC1)N(C)C. The summed E-state index contributed by atoms with van der Waals surface area (Å²) in [6.45, 7) is 7.69. The molecule has 0 bridgehead atoms. The number of amides is 1. The molecule has 0 unspecified atom stereocenters. The minimum absolute atomic E-state index is 0.000219. The van der Waals surface area contributed by atoms with E-state index in [-0.39, 0.29) is 11.9 Å². The first-order chi connectivity index (χ1) is 10.5. The highest BCUT2D eigenvalue weighted by molar-refractivity contribution is 5.81. The molecule has 0 aliphatic carbocycles. The zero-order valence-corrected chi connectivity index (χ0v) is 14.2. The third kappa shape index (κ3) is 3.84. The molecule has 5 heteroatoms.